The Kier molecular flexibility index (Phi) is 18.1. The number of esters is 1. The summed E-state index contributed by atoms with van der Waals surface area (Å²) in [6, 6.07) is 7.43. The highest BCUT2D eigenvalue weighted by Gasteiger charge is 2.56. The second kappa shape index (κ2) is 23.1. The van der Waals surface area contributed by atoms with Crippen LogP contribution < -0.4 is 5.32 Å². The minimum atomic E-state index is -2.50. The predicted octanol–water partition coefficient (Wildman–Crippen LogP) is 7.47. The van der Waals surface area contributed by atoms with Gasteiger partial charge in [0.2, 0.25) is 5.79 Å². The molecule has 372 valence electrons. The van der Waals surface area contributed by atoms with E-state index in [1.165, 1.54) is 4.90 Å². The summed E-state index contributed by atoms with van der Waals surface area (Å²) in [4.78, 5) is 58.6. The molecule has 67 heavy (non-hydrogen) atoms. The smallest absolute Gasteiger partial charge is 0.329 e. The molecule has 3 aliphatic heterocycles. The molecule has 3 fully saturated rings. The van der Waals surface area contributed by atoms with Gasteiger partial charge in [0.25, 0.3) is 11.7 Å². The van der Waals surface area contributed by atoms with Crippen molar-refractivity contribution in [2.45, 2.75) is 174 Å². The van der Waals surface area contributed by atoms with Crippen LogP contribution in [0, 0.1) is 29.6 Å². The second-order valence-electron chi connectivity index (χ2n) is 20.3. The summed E-state index contributed by atoms with van der Waals surface area (Å²) in [6.07, 6.45) is 7.40. The molecule has 14 heteroatoms. The first-order valence-corrected chi connectivity index (χ1v) is 24.9. The number of amides is 1. The molecule has 1 saturated carbocycles. The number of anilines is 1. The molecule has 6 rings (SSSR count). The van der Waals surface area contributed by atoms with Crippen molar-refractivity contribution in [3.05, 3.63) is 53.8 Å². The van der Waals surface area contributed by atoms with Crippen LogP contribution in [-0.4, -0.2) is 125 Å². The predicted molar refractivity (Wildman–Crippen MR) is 257 cm³/mol. The number of nitrogens with zero attached hydrogens (tertiary/aromatic N) is 2. The molecular weight excluding hydrogens is 855 g/mol. The van der Waals surface area contributed by atoms with E-state index in [1.54, 1.807) is 28.1 Å². The third-order valence-electron chi connectivity index (χ3n) is 15.2. The fourth-order valence-corrected chi connectivity index (χ4v) is 11.3. The van der Waals surface area contributed by atoms with E-state index < -0.39 is 77.8 Å². The monoisotopic (exact) mass is 934 g/mol. The number of carbonyl (C=O) groups is 4. The highest BCUT2D eigenvalue weighted by atomic mass is 16.7. The summed E-state index contributed by atoms with van der Waals surface area (Å²) < 4.78 is 33.0. The highest BCUT2D eigenvalue weighted by molar-refractivity contribution is 6.39. The number of ether oxygens (including phenoxy) is 5. The maximum atomic E-state index is 14.6. The van der Waals surface area contributed by atoms with Crippen LogP contribution >= 0.6 is 0 Å². The Bertz CT molecular complexity index is 2100. The van der Waals surface area contributed by atoms with Crippen molar-refractivity contribution in [1.29, 1.82) is 0 Å². The first-order chi connectivity index (χ1) is 31.9. The number of rotatable bonds is 9. The summed E-state index contributed by atoms with van der Waals surface area (Å²) in [6.45, 7) is 14.0. The molecule has 2 saturated heterocycles. The van der Waals surface area contributed by atoms with Gasteiger partial charge in [-0.2, -0.15) is 0 Å². The number of ketones is 2. The molecule has 1 aromatic heterocycles. The Balaban J connectivity index is 1.31. The molecule has 0 spiro atoms. The van der Waals surface area contributed by atoms with Crippen LogP contribution in [0.4, 0.5) is 5.69 Å². The van der Waals surface area contributed by atoms with E-state index in [0.29, 0.717) is 45.1 Å². The van der Waals surface area contributed by atoms with Gasteiger partial charge in [-0.25, -0.2) is 4.79 Å². The van der Waals surface area contributed by atoms with Crippen LogP contribution in [0.3, 0.4) is 0 Å². The molecule has 1 amide bonds. The van der Waals surface area contributed by atoms with Gasteiger partial charge >= 0.3 is 5.97 Å². The zero-order valence-electron chi connectivity index (χ0n) is 41.7. The zero-order valence-corrected chi connectivity index (χ0v) is 41.7. The SMILES string of the molecule is CCOC1CC(C=C(C)C2OC(=O)C3CCCCN3C(=O)C(=O)C3(O)OC(C(OC)CC(C)C/C(C)=C/C(CC)C(=O)CC(O)C2C)C(OC)CC3C)CCC1Nc1ccc2c(ccn2C)c1. The van der Waals surface area contributed by atoms with Crippen LogP contribution in [-0.2, 0) is 49.9 Å². The second-order valence-corrected chi connectivity index (χ2v) is 20.3. The normalized spacial score (nSPS) is 36.7. The number of aliphatic hydroxyl groups excluding tert-OH is 1. The van der Waals surface area contributed by atoms with E-state index in [0.717, 1.165) is 40.6 Å². The lowest BCUT2D eigenvalue weighted by Crippen LogP contribution is -2.64. The van der Waals surface area contributed by atoms with Gasteiger partial charge in [-0.1, -0.05) is 45.4 Å². The van der Waals surface area contributed by atoms with Crippen molar-refractivity contribution in [1.82, 2.24) is 9.47 Å². The minimum Gasteiger partial charge on any atom is -0.456 e. The maximum Gasteiger partial charge on any atom is 0.329 e. The Morgan fingerprint density at radius 2 is 1.69 bits per heavy atom. The number of nitrogens with one attached hydrogen (secondary N) is 1. The Morgan fingerprint density at radius 1 is 0.955 bits per heavy atom. The van der Waals surface area contributed by atoms with E-state index in [-0.39, 0.29) is 55.6 Å². The standard InChI is InChI=1S/C53H79N3O11/c1-11-37-24-31(3)23-32(4)25-46(63-9)49-47(64-10)27-34(6)53(62,67-49)50(59)51(60)56-21-14-13-15-42(56)52(61)66-48(35(7)43(57)30-44(37)58)33(5)26-36-16-18-40(45(28-36)65-12-2)54-39-17-19-41-38(29-39)20-22-55(41)8/h17,19-20,22,24,26,29,32,34-37,40,42-43,45-49,54,57,62H,11-16,18,21,23,25,27-28,30H2,1-10H3/b31-24+,33-26?. The van der Waals surface area contributed by atoms with Gasteiger partial charge in [0, 0.05) is 81.4 Å². The van der Waals surface area contributed by atoms with E-state index in [9.17, 15) is 29.4 Å². The molecular formula is C53H79N3O11. The van der Waals surface area contributed by atoms with Crippen molar-refractivity contribution in [2.24, 2.45) is 36.6 Å². The topological polar surface area (TPSA) is 175 Å². The van der Waals surface area contributed by atoms with E-state index in [1.807, 2.05) is 40.8 Å². The first kappa shape index (κ1) is 52.5. The minimum absolute atomic E-state index is 0.0342. The van der Waals surface area contributed by atoms with Crippen molar-refractivity contribution in [3.8, 4) is 0 Å². The van der Waals surface area contributed by atoms with Crippen molar-refractivity contribution >= 4 is 40.0 Å². The Morgan fingerprint density at radius 3 is 2.39 bits per heavy atom. The van der Waals surface area contributed by atoms with Crippen molar-refractivity contribution in [2.75, 3.05) is 32.7 Å². The number of hydrogen-bond acceptors (Lipinski definition) is 12. The van der Waals surface area contributed by atoms with Crippen LogP contribution in [0.1, 0.15) is 119 Å². The van der Waals surface area contributed by atoms with E-state index >= 15 is 0 Å². The van der Waals surface area contributed by atoms with Crippen LogP contribution in [0.15, 0.2) is 53.8 Å². The number of methoxy groups -OCH3 is 2. The number of carbonyl (C=O) groups excluding carboxylic acids is 4. The van der Waals surface area contributed by atoms with Gasteiger partial charge in [-0.15, -0.1) is 0 Å². The number of hydrogen-bond donors (Lipinski definition) is 3. The summed E-state index contributed by atoms with van der Waals surface area (Å²) in [5.41, 5.74) is 3.91. The van der Waals surface area contributed by atoms with Gasteiger partial charge in [-0.3, -0.25) is 14.4 Å². The number of allylic oxidation sites excluding steroid dienone is 3. The van der Waals surface area contributed by atoms with Crippen molar-refractivity contribution in [3.63, 3.8) is 0 Å². The summed E-state index contributed by atoms with van der Waals surface area (Å²) in [7, 11) is 5.12. The lowest BCUT2D eigenvalue weighted by Gasteiger charge is -2.47. The van der Waals surface area contributed by atoms with Gasteiger partial charge < -0.3 is 48.7 Å². The zero-order chi connectivity index (χ0) is 48.7. The molecule has 14 unspecified atom stereocenters. The van der Waals surface area contributed by atoms with Gasteiger partial charge in [-0.05, 0) is 127 Å². The molecule has 4 aliphatic rings. The maximum absolute atomic E-state index is 14.6. The Labute approximate surface area is 398 Å². The molecule has 1 aliphatic carbocycles. The van der Waals surface area contributed by atoms with E-state index in [2.05, 4.69) is 53.3 Å². The molecule has 14 nitrogen and oxygen atoms in total. The van der Waals surface area contributed by atoms with Crippen LogP contribution in [0.5, 0.6) is 0 Å². The molecule has 3 N–H and O–H groups in total. The number of Topliss-reactive ketones (excluding diaryl/α,β-unsaturated/α-hetero) is 2. The fraction of sp³-hybridized carbons (Fsp3) is 0.698. The van der Waals surface area contributed by atoms with Gasteiger partial charge in [0.05, 0.1) is 30.5 Å². The number of aryl methyl sites for hydroxylation is 1. The average molecular weight is 934 g/mol. The number of aromatic nitrogens is 1. The quantitative estimate of drug-likeness (QED) is 0.129. The summed E-state index contributed by atoms with van der Waals surface area (Å²) in [5, 5.41) is 29.0. The number of benzene rings is 1. The highest BCUT2D eigenvalue weighted by Crippen LogP contribution is 2.40. The molecule has 14 atom stereocenters. The molecule has 2 aromatic rings. The number of piperidine rings is 1. The van der Waals surface area contributed by atoms with E-state index in [4.69, 9.17) is 23.7 Å². The van der Waals surface area contributed by atoms with Gasteiger partial charge in [0.1, 0.15) is 24.0 Å². The van der Waals surface area contributed by atoms with Gasteiger partial charge in [0.15, 0.2) is 0 Å². The Hall–Kier alpha value is -3.92. The summed E-state index contributed by atoms with van der Waals surface area (Å²) >= 11 is 0. The average Bonchev–Trinajstić information content (AvgIpc) is 3.68. The molecule has 2 bridgehead atoms. The number of cyclic esters (lactones) is 1. The first-order valence-electron chi connectivity index (χ1n) is 24.9. The van der Waals surface area contributed by atoms with Crippen LogP contribution in [0.2, 0.25) is 0 Å². The third-order valence-corrected chi connectivity index (χ3v) is 15.2. The van der Waals surface area contributed by atoms with Crippen LogP contribution in [0.25, 0.3) is 10.9 Å². The molecule has 0 radical (unpaired) electrons. The lowest BCUT2D eigenvalue weighted by molar-refractivity contribution is -0.302. The van der Waals surface area contributed by atoms with Crippen molar-refractivity contribution < 1.29 is 53.1 Å². The lowest BCUT2D eigenvalue weighted by atomic mass is 9.80. The summed E-state index contributed by atoms with van der Waals surface area (Å²) in [5.74, 6) is -7.37. The largest absolute Gasteiger partial charge is 0.456 e. The third kappa shape index (κ3) is 12.1. The number of aliphatic hydroxyl groups is 2. The fourth-order valence-electron chi connectivity index (χ4n) is 11.3. The molecule has 4 heterocycles. The molecule has 1 aromatic carbocycles. The number of fused-ring (bicyclic) bond motifs is 4.